The van der Waals surface area contributed by atoms with Crippen LogP contribution in [0, 0.1) is 10.8 Å². The summed E-state index contributed by atoms with van der Waals surface area (Å²) in [7, 11) is 0. The van der Waals surface area contributed by atoms with E-state index >= 15 is 0 Å². The van der Waals surface area contributed by atoms with Crippen molar-refractivity contribution in [2.24, 2.45) is 10.8 Å². The highest BCUT2D eigenvalue weighted by Crippen LogP contribution is 2.63. The van der Waals surface area contributed by atoms with E-state index in [0.29, 0.717) is 17.5 Å². The van der Waals surface area contributed by atoms with Gasteiger partial charge in [-0.2, -0.15) is 0 Å². The molecule has 55 heavy (non-hydrogen) atoms. The summed E-state index contributed by atoms with van der Waals surface area (Å²) in [6.45, 7) is 37.2. The summed E-state index contributed by atoms with van der Waals surface area (Å²) in [4.78, 5) is 20.7. The van der Waals surface area contributed by atoms with E-state index in [1.165, 1.54) is 33.4 Å². The lowest BCUT2D eigenvalue weighted by Crippen LogP contribution is -2.42. The van der Waals surface area contributed by atoms with Crippen LogP contribution in [0.15, 0.2) is 72.9 Å². The first-order valence-electron chi connectivity index (χ1n) is 20.1. The third-order valence-corrected chi connectivity index (χ3v) is 16.3. The van der Waals surface area contributed by atoms with Crippen molar-refractivity contribution in [3.63, 3.8) is 0 Å². The second kappa shape index (κ2) is 11.2. The van der Waals surface area contributed by atoms with E-state index in [2.05, 4.69) is 178 Å². The van der Waals surface area contributed by atoms with Crippen LogP contribution in [0.2, 0.25) is 0 Å². The van der Waals surface area contributed by atoms with Crippen LogP contribution >= 0.6 is 0 Å². The Kier molecular flexibility index (Phi) is 7.68. The Hall–Kier alpha value is -4.22. The molecule has 0 saturated heterocycles. The first kappa shape index (κ1) is 37.7. The zero-order valence-corrected chi connectivity index (χ0v) is 36.1. The van der Waals surface area contributed by atoms with Crippen LogP contribution in [0.1, 0.15) is 144 Å². The number of benzene rings is 3. The molecule has 286 valence electrons. The normalized spacial score (nSPS) is 22.2. The third kappa shape index (κ3) is 5.00. The van der Waals surface area contributed by atoms with Gasteiger partial charge in [0.2, 0.25) is 0 Å². The molecular weight excluding hydrogens is 673 g/mol. The van der Waals surface area contributed by atoms with Gasteiger partial charge in [-0.15, -0.1) is 0 Å². The Bertz CT molecular complexity index is 2300. The minimum absolute atomic E-state index is 0.0176. The first-order valence-corrected chi connectivity index (χ1v) is 20.1. The van der Waals surface area contributed by atoms with Crippen molar-refractivity contribution >= 4 is 0 Å². The maximum atomic E-state index is 6.44. The van der Waals surface area contributed by atoms with Crippen molar-refractivity contribution in [2.75, 3.05) is 0 Å². The van der Waals surface area contributed by atoms with Gasteiger partial charge >= 0.3 is 0 Å². The predicted octanol–water partition coefficient (Wildman–Crippen LogP) is 12.6. The topological polar surface area (TPSA) is 60.8 Å². The average molecular weight is 733 g/mol. The highest BCUT2D eigenvalue weighted by Gasteiger charge is 2.58. The Morgan fingerprint density at radius 3 is 1.18 bits per heavy atom. The fourth-order valence-corrected chi connectivity index (χ4v) is 10.3. The number of hydrogen-bond donors (Lipinski definition) is 0. The van der Waals surface area contributed by atoms with Crippen LogP contribution in [0.3, 0.4) is 0 Å². The molecule has 5 heteroatoms. The molecule has 2 aliphatic carbocycles. The van der Waals surface area contributed by atoms with Gasteiger partial charge in [0.1, 0.15) is 0 Å². The van der Waals surface area contributed by atoms with Gasteiger partial charge in [-0.1, -0.05) is 119 Å². The number of pyridine rings is 1. The highest BCUT2D eigenvalue weighted by atomic mass is 16.5. The number of fused-ring (bicyclic) bond motifs is 3. The van der Waals surface area contributed by atoms with Gasteiger partial charge in [0.15, 0.2) is 17.5 Å². The molecule has 3 aliphatic rings. The van der Waals surface area contributed by atoms with Crippen molar-refractivity contribution in [3.05, 3.63) is 106 Å². The Morgan fingerprint density at radius 1 is 0.364 bits per heavy atom. The van der Waals surface area contributed by atoms with Crippen molar-refractivity contribution in [2.45, 2.75) is 144 Å². The lowest BCUT2D eigenvalue weighted by atomic mass is 9.59. The molecule has 0 fully saturated rings. The maximum Gasteiger partial charge on any atom is 0.165 e. The summed E-state index contributed by atoms with van der Waals surface area (Å²) in [5, 5.41) is 0. The van der Waals surface area contributed by atoms with Gasteiger partial charge < -0.3 is 4.74 Å². The standard InChI is InChI=1S/C50H60N4O/c1-43(2)33-21-18-30(26-36(33)45(5,6)49(43,13)14)40-52-41(31-19-22-34-37(27-31)46(7,8)50(15,16)44(34,3)4)54-42(53-40)32-20-24-39(51-28-32)29-17-23-35-38(25-29)48(11,12)55-47(35,9)10/h17-28H,1-16H3. The van der Waals surface area contributed by atoms with E-state index in [1.54, 1.807) is 0 Å². The van der Waals surface area contributed by atoms with Crippen molar-refractivity contribution < 1.29 is 4.74 Å². The summed E-state index contributed by atoms with van der Waals surface area (Å²) >= 11 is 0. The van der Waals surface area contributed by atoms with Crippen molar-refractivity contribution in [1.82, 2.24) is 19.9 Å². The summed E-state index contributed by atoms with van der Waals surface area (Å²) in [5.74, 6) is 1.97. The summed E-state index contributed by atoms with van der Waals surface area (Å²) in [5.41, 5.74) is 12.2. The van der Waals surface area contributed by atoms with E-state index in [9.17, 15) is 0 Å². The molecule has 3 aromatic carbocycles. The fraction of sp³-hybridized carbons (Fsp3) is 0.480. The zero-order valence-electron chi connectivity index (χ0n) is 36.1. The Balaban J connectivity index is 1.26. The summed E-state index contributed by atoms with van der Waals surface area (Å²) < 4.78 is 6.44. The van der Waals surface area contributed by atoms with Crippen molar-refractivity contribution in [3.8, 4) is 45.4 Å². The lowest BCUT2D eigenvalue weighted by molar-refractivity contribution is -0.105. The minimum atomic E-state index is -0.372. The van der Waals surface area contributed by atoms with E-state index in [1.807, 2.05) is 6.20 Å². The van der Waals surface area contributed by atoms with Crippen LogP contribution in [0.25, 0.3) is 45.4 Å². The number of nitrogens with zero attached hydrogens (tertiary/aromatic N) is 4. The van der Waals surface area contributed by atoms with Crippen molar-refractivity contribution in [1.29, 1.82) is 0 Å². The maximum absolute atomic E-state index is 6.44. The van der Waals surface area contributed by atoms with Crippen LogP contribution in [-0.2, 0) is 37.6 Å². The van der Waals surface area contributed by atoms with Crippen LogP contribution < -0.4 is 0 Å². The van der Waals surface area contributed by atoms with Crippen LogP contribution in [-0.4, -0.2) is 19.9 Å². The van der Waals surface area contributed by atoms with E-state index in [4.69, 9.17) is 24.7 Å². The smallest absolute Gasteiger partial charge is 0.165 e. The van der Waals surface area contributed by atoms with Crippen LogP contribution in [0.5, 0.6) is 0 Å². The first-order chi connectivity index (χ1) is 25.3. The molecule has 1 aliphatic heterocycles. The summed E-state index contributed by atoms with van der Waals surface area (Å²) in [6.07, 6.45) is 1.91. The van der Waals surface area contributed by atoms with E-state index in [0.717, 1.165) is 27.9 Å². The average Bonchev–Trinajstić information content (AvgIpc) is 3.43. The molecule has 5 nitrogen and oxygen atoms in total. The largest absolute Gasteiger partial charge is 0.360 e. The third-order valence-electron chi connectivity index (χ3n) is 16.3. The van der Waals surface area contributed by atoms with Gasteiger partial charge in [-0.3, -0.25) is 4.98 Å². The lowest BCUT2D eigenvalue weighted by Gasteiger charge is -2.44. The SMILES string of the molecule is CC1(C)OC(C)(C)c2cc(-c3ccc(-c4nc(-c5ccc6c(c5)C(C)(C)C(C)(C)C6(C)C)nc(-c5ccc6c(c5)C(C)(C)C(C)(C)C6(C)C)n4)cn3)ccc21. The van der Waals surface area contributed by atoms with Gasteiger partial charge in [-0.05, 0) is 124 Å². The Labute approximate surface area is 329 Å². The molecule has 0 amide bonds. The second-order valence-electron chi connectivity index (χ2n) is 20.9. The van der Waals surface area contributed by atoms with Gasteiger partial charge in [-0.25, -0.2) is 15.0 Å². The van der Waals surface area contributed by atoms with E-state index in [-0.39, 0.29) is 43.7 Å². The molecule has 0 radical (unpaired) electrons. The predicted molar refractivity (Wildman–Crippen MR) is 226 cm³/mol. The van der Waals surface area contributed by atoms with Gasteiger partial charge in [0.05, 0.1) is 16.9 Å². The second-order valence-corrected chi connectivity index (χ2v) is 20.9. The molecule has 0 spiro atoms. The number of hydrogen-bond acceptors (Lipinski definition) is 5. The zero-order chi connectivity index (χ0) is 40.1. The molecule has 5 aromatic rings. The molecule has 0 saturated carbocycles. The molecule has 0 atom stereocenters. The number of rotatable bonds is 4. The van der Waals surface area contributed by atoms with Gasteiger partial charge in [0, 0.05) is 28.5 Å². The molecule has 0 N–H and O–H groups in total. The number of aromatic nitrogens is 4. The molecule has 0 bridgehead atoms. The molecule has 0 unspecified atom stereocenters. The fourth-order valence-electron chi connectivity index (χ4n) is 10.3. The quantitative estimate of drug-likeness (QED) is 0.184. The molecular formula is C50H60N4O. The van der Waals surface area contributed by atoms with Gasteiger partial charge in [0.25, 0.3) is 0 Å². The summed E-state index contributed by atoms with van der Waals surface area (Å²) in [6, 6.07) is 24.5. The molecule has 2 aromatic heterocycles. The van der Waals surface area contributed by atoms with E-state index < -0.39 is 0 Å². The Morgan fingerprint density at radius 2 is 0.727 bits per heavy atom. The minimum Gasteiger partial charge on any atom is -0.360 e. The molecule has 3 heterocycles. The molecule has 8 rings (SSSR count). The number of ether oxygens (including phenoxy) is 1. The van der Waals surface area contributed by atoms with Crippen LogP contribution in [0.4, 0.5) is 0 Å². The monoisotopic (exact) mass is 732 g/mol. The highest BCUT2D eigenvalue weighted by molar-refractivity contribution is 5.71.